The second kappa shape index (κ2) is 13.0. The Balaban J connectivity index is 1.18. The van der Waals surface area contributed by atoms with Gasteiger partial charge in [0.15, 0.2) is 5.82 Å². The van der Waals surface area contributed by atoms with Crippen LogP contribution in [0.2, 0.25) is 0 Å². The van der Waals surface area contributed by atoms with Gasteiger partial charge < -0.3 is 30.4 Å². The first kappa shape index (κ1) is 27.0. The van der Waals surface area contributed by atoms with E-state index in [4.69, 9.17) is 14.5 Å². The second-order valence-corrected chi connectivity index (χ2v) is 10.9. The van der Waals surface area contributed by atoms with Gasteiger partial charge in [0.2, 0.25) is 0 Å². The number of halogens is 1. The first-order valence-electron chi connectivity index (χ1n) is 14.1. The Labute approximate surface area is 225 Å². The van der Waals surface area contributed by atoms with Crippen molar-refractivity contribution < 1.29 is 13.9 Å². The lowest BCUT2D eigenvalue weighted by Gasteiger charge is -2.34. The van der Waals surface area contributed by atoms with Crippen LogP contribution in [0.25, 0.3) is 11.3 Å². The van der Waals surface area contributed by atoms with Crippen LogP contribution in [0.15, 0.2) is 35.5 Å². The second-order valence-electron chi connectivity index (χ2n) is 10.9. The molecule has 0 amide bonds. The first-order valence-corrected chi connectivity index (χ1v) is 14.1. The van der Waals surface area contributed by atoms with Crippen molar-refractivity contribution in [3.63, 3.8) is 0 Å². The predicted octanol–water partition coefficient (Wildman–Crippen LogP) is 4.68. The average molecular weight is 525 g/mol. The molecule has 2 saturated heterocycles. The summed E-state index contributed by atoms with van der Waals surface area (Å²) in [5.74, 6) is 1.04. The van der Waals surface area contributed by atoms with Gasteiger partial charge >= 0.3 is 0 Å². The van der Waals surface area contributed by atoms with Gasteiger partial charge in [-0.15, -0.1) is 0 Å². The third kappa shape index (κ3) is 7.07. The van der Waals surface area contributed by atoms with Gasteiger partial charge in [-0.3, -0.25) is 0 Å². The summed E-state index contributed by atoms with van der Waals surface area (Å²) in [6, 6.07) is 8.33. The Kier molecular flexibility index (Phi) is 9.19. The van der Waals surface area contributed by atoms with Crippen molar-refractivity contribution in [2.45, 2.75) is 69.6 Å². The molecular formula is C29H41FN6O2. The molecule has 38 heavy (non-hydrogen) atoms. The Morgan fingerprint density at radius 3 is 2.66 bits per heavy atom. The minimum Gasteiger partial charge on any atom is -0.381 e. The maximum Gasteiger partial charge on any atom is 0.151 e. The Morgan fingerprint density at radius 1 is 1.08 bits per heavy atom. The molecule has 0 bridgehead atoms. The van der Waals surface area contributed by atoms with Crippen molar-refractivity contribution >= 4 is 17.9 Å². The van der Waals surface area contributed by atoms with Crippen LogP contribution in [0.1, 0.15) is 51.4 Å². The highest BCUT2D eigenvalue weighted by Crippen LogP contribution is 2.30. The van der Waals surface area contributed by atoms with Crippen LogP contribution in [0.5, 0.6) is 0 Å². The van der Waals surface area contributed by atoms with Crippen LogP contribution in [0.3, 0.4) is 0 Å². The highest BCUT2D eigenvalue weighted by molar-refractivity contribution is 5.68. The minimum atomic E-state index is -0.374. The SMILES string of the molecule is CN=CC1(CNc2cccc(-c3cc(NC4CCC(NCC5CCCO5)CC4)ncc3F)n2)CCOCC1. The van der Waals surface area contributed by atoms with Crippen LogP contribution in [0, 0.1) is 11.2 Å². The molecule has 9 heteroatoms. The highest BCUT2D eigenvalue weighted by Gasteiger charge is 2.31. The smallest absolute Gasteiger partial charge is 0.151 e. The highest BCUT2D eigenvalue weighted by atomic mass is 19.1. The standard InChI is InChI=1S/C29H41FN6O2/c1-31-19-29(11-14-37-15-12-29)20-34-27-6-2-5-26(36-27)24-16-28(33-18-25(24)30)35-22-9-7-21(8-10-22)32-17-23-4-3-13-38-23/h2,5-6,16,18-19,21-23,32H,3-4,7-15,17,20H2,1H3,(H,33,35)(H,34,36). The molecule has 1 saturated carbocycles. The number of nitrogens with zero attached hydrogens (tertiary/aromatic N) is 3. The van der Waals surface area contributed by atoms with E-state index in [2.05, 4.69) is 25.9 Å². The molecule has 3 N–H and O–H groups in total. The lowest BCUT2D eigenvalue weighted by molar-refractivity contribution is 0.0520. The van der Waals surface area contributed by atoms with Crippen LogP contribution in [0.4, 0.5) is 16.0 Å². The topological polar surface area (TPSA) is 92.7 Å². The van der Waals surface area contributed by atoms with Crippen molar-refractivity contribution in [3.8, 4) is 11.3 Å². The Morgan fingerprint density at radius 2 is 1.89 bits per heavy atom. The summed E-state index contributed by atoms with van der Waals surface area (Å²) >= 11 is 0. The van der Waals surface area contributed by atoms with E-state index >= 15 is 0 Å². The number of rotatable bonds is 10. The predicted molar refractivity (Wildman–Crippen MR) is 149 cm³/mol. The lowest BCUT2D eigenvalue weighted by Crippen LogP contribution is -2.40. The molecule has 206 valence electrons. The third-order valence-electron chi connectivity index (χ3n) is 8.13. The van der Waals surface area contributed by atoms with Gasteiger partial charge in [0.25, 0.3) is 0 Å². The van der Waals surface area contributed by atoms with E-state index in [1.54, 1.807) is 6.07 Å². The summed E-state index contributed by atoms with van der Waals surface area (Å²) in [5.41, 5.74) is 0.988. The minimum absolute atomic E-state index is 0.0531. The maximum absolute atomic E-state index is 14.9. The van der Waals surface area contributed by atoms with Gasteiger partial charge in [0.1, 0.15) is 11.6 Å². The first-order chi connectivity index (χ1) is 18.6. The van der Waals surface area contributed by atoms with Gasteiger partial charge in [-0.2, -0.15) is 0 Å². The van der Waals surface area contributed by atoms with E-state index in [9.17, 15) is 4.39 Å². The van der Waals surface area contributed by atoms with Gasteiger partial charge in [-0.1, -0.05) is 6.07 Å². The van der Waals surface area contributed by atoms with Crippen LogP contribution < -0.4 is 16.0 Å². The molecule has 0 aromatic carbocycles. The number of anilines is 2. The van der Waals surface area contributed by atoms with E-state index in [0.29, 0.717) is 41.8 Å². The summed E-state index contributed by atoms with van der Waals surface area (Å²) in [4.78, 5) is 13.4. The van der Waals surface area contributed by atoms with Crippen molar-refractivity contribution in [1.29, 1.82) is 0 Å². The molecular weight excluding hydrogens is 483 g/mol. The molecule has 3 fully saturated rings. The van der Waals surface area contributed by atoms with Gasteiger partial charge in [-0.25, -0.2) is 14.4 Å². The number of pyridine rings is 2. The molecule has 1 unspecified atom stereocenters. The molecule has 0 radical (unpaired) electrons. The summed E-state index contributed by atoms with van der Waals surface area (Å²) in [7, 11) is 1.81. The van der Waals surface area contributed by atoms with Crippen molar-refractivity contribution in [3.05, 3.63) is 36.3 Å². The van der Waals surface area contributed by atoms with E-state index in [1.165, 1.54) is 19.0 Å². The number of nitrogens with one attached hydrogen (secondary N) is 3. The van der Waals surface area contributed by atoms with Crippen molar-refractivity contribution in [1.82, 2.24) is 15.3 Å². The molecule has 8 nitrogen and oxygen atoms in total. The summed E-state index contributed by atoms with van der Waals surface area (Å²) < 4.78 is 26.1. The zero-order chi connectivity index (χ0) is 26.2. The molecule has 4 heterocycles. The average Bonchev–Trinajstić information content (AvgIpc) is 3.47. The molecule has 1 aliphatic carbocycles. The fourth-order valence-electron chi connectivity index (χ4n) is 5.82. The monoisotopic (exact) mass is 524 g/mol. The molecule has 5 rings (SSSR count). The van der Waals surface area contributed by atoms with Crippen molar-refractivity contribution in [2.24, 2.45) is 10.4 Å². The molecule has 2 aliphatic heterocycles. The number of hydrogen-bond donors (Lipinski definition) is 3. The number of aliphatic imine (C=N–C) groups is 1. The number of ether oxygens (including phenoxy) is 2. The van der Waals surface area contributed by atoms with E-state index < -0.39 is 0 Å². The van der Waals surface area contributed by atoms with Crippen LogP contribution in [-0.2, 0) is 9.47 Å². The summed E-state index contributed by atoms with van der Waals surface area (Å²) in [5, 5.41) is 10.7. The lowest BCUT2D eigenvalue weighted by atomic mass is 9.81. The Bertz CT molecular complexity index is 1060. The van der Waals surface area contributed by atoms with E-state index in [-0.39, 0.29) is 11.2 Å². The molecule has 2 aromatic heterocycles. The number of hydrogen-bond acceptors (Lipinski definition) is 8. The van der Waals surface area contributed by atoms with Crippen molar-refractivity contribution in [2.75, 3.05) is 50.6 Å². The maximum atomic E-state index is 14.9. The quantitative estimate of drug-likeness (QED) is 0.389. The van der Waals surface area contributed by atoms with Gasteiger partial charge in [-0.05, 0) is 69.6 Å². The fraction of sp³-hybridized carbons (Fsp3) is 0.621. The zero-order valence-electron chi connectivity index (χ0n) is 22.4. The molecule has 3 aliphatic rings. The van der Waals surface area contributed by atoms with Gasteiger partial charge in [0, 0.05) is 69.2 Å². The largest absolute Gasteiger partial charge is 0.381 e. The summed E-state index contributed by atoms with van der Waals surface area (Å²) in [6.07, 6.45) is 12.2. The normalized spacial score (nSPS) is 25.5. The van der Waals surface area contributed by atoms with E-state index in [0.717, 1.165) is 70.7 Å². The zero-order valence-corrected chi connectivity index (χ0v) is 22.4. The van der Waals surface area contributed by atoms with Crippen LogP contribution >= 0.6 is 0 Å². The van der Waals surface area contributed by atoms with E-state index in [1.807, 2.05) is 31.5 Å². The molecule has 1 atom stereocenters. The fourth-order valence-corrected chi connectivity index (χ4v) is 5.82. The van der Waals surface area contributed by atoms with Crippen LogP contribution in [-0.4, -0.2) is 74.3 Å². The third-order valence-corrected chi connectivity index (χ3v) is 8.13. The summed E-state index contributed by atoms with van der Waals surface area (Å²) in [6.45, 7) is 4.02. The Hall–Kier alpha value is -2.62. The molecule has 2 aromatic rings. The van der Waals surface area contributed by atoms with Gasteiger partial charge in [0.05, 0.1) is 18.0 Å². The molecule has 0 spiro atoms. The number of aromatic nitrogens is 2.